The monoisotopic (exact) mass is 580 g/mol. The number of nitrogens with one attached hydrogen (secondary N) is 2. The van der Waals surface area contributed by atoms with E-state index in [9.17, 15) is 14.3 Å². The summed E-state index contributed by atoms with van der Waals surface area (Å²) in [4.78, 5) is 28.6. The van der Waals surface area contributed by atoms with Gasteiger partial charge in [0.15, 0.2) is 16.6 Å². The lowest BCUT2D eigenvalue weighted by Gasteiger charge is -2.37. The van der Waals surface area contributed by atoms with Crippen LogP contribution in [0.2, 0.25) is 0 Å². The lowest BCUT2D eigenvalue weighted by Crippen LogP contribution is -2.47. The molecule has 1 fully saturated rings. The van der Waals surface area contributed by atoms with Crippen LogP contribution in [-0.4, -0.2) is 69.8 Å². The minimum Gasteiger partial charge on any atom is -0.493 e. The normalized spacial score (nSPS) is 16.3. The van der Waals surface area contributed by atoms with Gasteiger partial charge in [-0.25, -0.2) is 19.3 Å². The van der Waals surface area contributed by atoms with Crippen LogP contribution in [0.15, 0.2) is 48.9 Å². The molecule has 5 rings (SSSR count). The second-order valence-corrected chi connectivity index (χ2v) is 11.0. The number of hydrogen-bond donors (Lipinski definition) is 3. The predicted molar refractivity (Wildman–Crippen MR) is 157 cm³/mol. The second-order valence-electron chi connectivity index (χ2n) is 9.92. The van der Waals surface area contributed by atoms with Gasteiger partial charge in [0.05, 0.1) is 25.2 Å². The molecule has 0 spiro atoms. The zero-order valence-electron chi connectivity index (χ0n) is 23.0. The smallest absolute Gasteiger partial charge is 0.229 e. The Morgan fingerprint density at radius 2 is 2.10 bits per heavy atom. The van der Waals surface area contributed by atoms with Gasteiger partial charge in [0.1, 0.15) is 24.6 Å². The van der Waals surface area contributed by atoms with Gasteiger partial charge in [-0.2, -0.15) is 0 Å². The molecule has 0 bridgehead atoms. The molecule has 2 aromatic carbocycles. The van der Waals surface area contributed by atoms with Crippen molar-refractivity contribution < 1.29 is 23.8 Å². The number of halogens is 1. The fourth-order valence-corrected chi connectivity index (χ4v) is 5.84. The van der Waals surface area contributed by atoms with Crippen molar-refractivity contribution in [3.05, 3.63) is 59.6 Å². The van der Waals surface area contributed by atoms with Gasteiger partial charge < -0.3 is 25.2 Å². The third kappa shape index (κ3) is 7.26. The fourth-order valence-electron chi connectivity index (χ4n) is 5.03. The van der Waals surface area contributed by atoms with Crippen molar-refractivity contribution in [1.82, 2.24) is 19.9 Å². The average Bonchev–Trinajstić information content (AvgIpc) is 3.39. The van der Waals surface area contributed by atoms with E-state index in [0.29, 0.717) is 46.8 Å². The van der Waals surface area contributed by atoms with E-state index in [1.165, 1.54) is 29.8 Å². The van der Waals surface area contributed by atoms with Crippen molar-refractivity contribution in [1.29, 1.82) is 0 Å². The van der Waals surface area contributed by atoms with Crippen LogP contribution in [0.4, 0.5) is 21.0 Å². The first kappa shape index (κ1) is 28.7. The molecule has 1 amide bonds. The maximum Gasteiger partial charge on any atom is 0.229 e. The van der Waals surface area contributed by atoms with Crippen LogP contribution >= 0.6 is 11.3 Å². The van der Waals surface area contributed by atoms with Crippen molar-refractivity contribution in [2.45, 2.75) is 44.8 Å². The van der Waals surface area contributed by atoms with Gasteiger partial charge in [0.2, 0.25) is 5.91 Å². The summed E-state index contributed by atoms with van der Waals surface area (Å²) >= 11 is 1.32. The molecule has 3 heterocycles. The minimum absolute atomic E-state index is 0.101. The molecule has 10 nitrogen and oxygen atoms in total. The number of likely N-dealkylation sites (tertiary alicyclic amines) is 1. The predicted octanol–water partition coefficient (Wildman–Crippen LogP) is 4.77. The van der Waals surface area contributed by atoms with Crippen LogP contribution in [0.3, 0.4) is 0 Å². The van der Waals surface area contributed by atoms with Crippen LogP contribution in [0, 0.1) is 5.82 Å². The Labute approximate surface area is 241 Å². The summed E-state index contributed by atoms with van der Waals surface area (Å²) in [6.45, 7) is 3.96. The molecule has 1 aliphatic rings. The number of piperidine rings is 1. The molecule has 41 heavy (non-hydrogen) atoms. The van der Waals surface area contributed by atoms with Gasteiger partial charge in [-0.3, -0.25) is 9.69 Å². The minimum atomic E-state index is -0.414. The number of fused-ring (bicyclic) bond motifs is 1. The van der Waals surface area contributed by atoms with Crippen molar-refractivity contribution >= 4 is 44.8 Å². The summed E-state index contributed by atoms with van der Waals surface area (Å²) in [6.07, 6.45) is 6.06. The van der Waals surface area contributed by atoms with Crippen LogP contribution in [0.25, 0.3) is 10.9 Å². The maximum atomic E-state index is 13.4. The molecule has 2 aromatic heterocycles. The molecule has 0 aliphatic carbocycles. The quantitative estimate of drug-likeness (QED) is 0.230. The zero-order chi connectivity index (χ0) is 28.8. The lowest BCUT2D eigenvalue weighted by molar-refractivity contribution is -0.115. The number of aromatic nitrogens is 3. The van der Waals surface area contributed by atoms with Crippen molar-refractivity contribution in [2.24, 2.45) is 0 Å². The number of thiazole rings is 1. The van der Waals surface area contributed by atoms with E-state index in [1.807, 2.05) is 19.1 Å². The van der Waals surface area contributed by atoms with Crippen molar-refractivity contribution in [3.8, 4) is 11.5 Å². The SMILES string of the molecule is COc1cc2c(Nc3ncc(CC(=O)Nc4cccc(F)c4)s3)ncnc2cc1OCCN1CCCCC1C(C)O. The van der Waals surface area contributed by atoms with E-state index in [4.69, 9.17) is 9.47 Å². The first-order chi connectivity index (χ1) is 19.9. The largest absolute Gasteiger partial charge is 0.493 e. The number of carbonyl (C=O) groups is 1. The van der Waals surface area contributed by atoms with E-state index in [0.717, 1.165) is 36.1 Å². The Balaban J connectivity index is 1.24. The molecule has 4 aromatic rings. The Kier molecular flexibility index (Phi) is 9.22. The molecule has 1 saturated heterocycles. The van der Waals surface area contributed by atoms with Gasteiger partial charge in [-0.15, -0.1) is 11.3 Å². The molecule has 216 valence electrons. The second kappa shape index (κ2) is 13.2. The molecule has 12 heteroatoms. The number of aliphatic hydroxyl groups excluding tert-OH is 1. The summed E-state index contributed by atoms with van der Waals surface area (Å²) in [5, 5.41) is 17.3. The van der Waals surface area contributed by atoms with Gasteiger partial charge in [-0.1, -0.05) is 12.5 Å². The molecule has 2 unspecified atom stereocenters. The van der Waals surface area contributed by atoms with E-state index >= 15 is 0 Å². The summed E-state index contributed by atoms with van der Waals surface area (Å²) in [7, 11) is 1.58. The van der Waals surface area contributed by atoms with Gasteiger partial charge >= 0.3 is 0 Å². The molecule has 0 radical (unpaired) electrons. The fraction of sp³-hybridized carbons (Fsp3) is 0.379. The average molecular weight is 581 g/mol. The number of carbonyl (C=O) groups excluding carboxylic acids is 1. The standard InChI is InChI=1S/C29H33FN6O4S/c1-18(37)24-8-3-4-9-36(24)10-11-40-26-15-23-22(14-25(26)39-2)28(33-17-32-23)35-29-31-16-21(41-29)13-27(38)34-20-7-5-6-19(30)12-20/h5-7,12,14-18,24,37H,3-4,8-11,13H2,1-2H3,(H,34,38)(H,31,32,33,35). The number of anilines is 3. The highest BCUT2D eigenvalue weighted by atomic mass is 32.1. The molecule has 3 N–H and O–H groups in total. The first-order valence-electron chi connectivity index (χ1n) is 13.5. The Bertz CT molecular complexity index is 1500. The number of benzene rings is 2. The summed E-state index contributed by atoms with van der Waals surface area (Å²) in [6, 6.07) is 9.57. The number of amides is 1. The molecular formula is C29H33FN6O4S. The van der Waals surface area contributed by atoms with E-state index in [2.05, 4.69) is 30.5 Å². The highest BCUT2D eigenvalue weighted by molar-refractivity contribution is 7.15. The van der Waals surface area contributed by atoms with Gasteiger partial charge in [0, 0.05) is 40.8 Å². The van der Waals surface area contributed by atoms with Gasteiger partial charge in [-0.05, 0) is 50.6 Å². The lowest BCUT2D eigenvalue weighted by atomic mass is 9.98. The first-order valence-corrected chi connectivity index (χ1v) is 14.4. The highest BCUT2D eigenvalue weighted by Crippen LogP contribution is 2.35. The number of nitrogens with zero attached hydrogens (tertiary/aromatic N) is 4. The maximum absolute atomic E-state index is 13.4. The number of ether oxygens (including phenoxy) is 2. The highest BCUT2D eigenvalue weighted by Gasteiger charge is 2.26. The van der Waals surface area contributed by atoms with E-state index in [1.54, 1.807) is 25.4 Å². The molecule has 2 atom stereocenters. The molecule has 0 saturated carbocycles. The number of rotatable bonds is 11. The van der Waals surface area contributed by atoms with E-state index in [-0.39, 0.29) is 24.5 Å². The van der Waals surface area contributed by atoms with Crippen molar-refractivity contribution in [3.63, 3.8) is 0 Å². The van der Waals surface area contributed by atoms with Crippen LogP contribution in [-0.2, 0) is 11.2 Å². The zero-order valence-corrected chi connectivity index (χ0v) is 23.8. The van der Waals surface area contributed by atoms with Crippen LogP contribution < -0.4 is 20.1 Å². The topological polar surface area (TPSA) is 122 Å². The molecule has 1 aliphatic heterocycles. The Morgan fingerprint density at radius 3 is 2.90 bits per heavy atom. The molecular weight excluding hydrogens is 547 g/mol. The van der Waals surface area contributed by atoms with Crippen LogP contribution in [0.1, 0.15) is 31.1 Å². The summed E-state index contributed by atoms with van der Waals surface area (Å²) < 4.78 is 25.1. The number of methoxy groups -OCH3 is 1. The van der Waals surface area contributed by atoms with Crippen molar-refractivity contribution in [2.75, 3.05) is 37.4 Å². The summed E-state index contributed by atoms with van der Waals surface area (Å²) in [5.41, 5.74) is 1.07. The number of aliphatic hydroxyl groups is 1. The van der Waals surface area contributed by atoms with Crippen LogP contribution in [0.5, 0.6) is 11.5 Å². The Hall–Kier alpha value is -3.87. The number of hydrogen-bond acceptors (Lipinski definition) is 10. The van der Waals surface area contributed by atoms with E-state index < -0.39 is 5.82 Å². The summed E-state index contributed by atoms with van der Waals surface area (Å²) in [5.74, 6) is 0.990. The third-order valence-electron chi connectivity index (χ3n) is 7.00. The third-order valence-corrected chi connectivity index (χ3v) is 7.91. The Morgan fingerprint density at radius 1 is 1.22 bits per heavy atom. The van der Waals surface area contributed by atoms with Gasteiger partial charge in [0.25, 0.3) is 0 Å².